The first-order valence-corrected chi connectivity index (χ1v) is 11.4. The molecule has 0 radical (unpaired) electrons. The summed E-state index contributed by atoms with van der Waals surface area (Å²) >= 11 is 0. The molecule has 1 fully saturated rings. The predicted octanol–water partition coefficient (Wildman–Crippen LogP) is 3.42. The molecule has 1 atom stereocenters. The molecule has 0 bridgehead atoms. The fraction of sp³-hybridized carbons (Fsp3) is 0.409. The van der Waals surface area contributed by atoms with Crippen molar-refractivity contribution in [1.29, 1.82) is 0 Å². The van der Waals surface area contributed by atoms with Crippen molar-refractivity contribution in [3.05, 3.63) is 59.4 Å². The largest absolute Gasteiger partial charge is 0.494 e. The minimum absolute atomic E-state index is 0.147. The zero-order valence-electron chi connectivity index (χ0n) is 17.4. The fourth-order valence-electron chi connectivity index (χ4n) is 3.58. The first kappa shape index (κ1) is 22.2. The van der Waals surface area contributed by atoms with Crippen LogP contribution in [0.2, 0.25) is 0 Å². The van der Waals surface area contributed by atoms with E-state index in [1.165, 1.54) is 23.5 Å². The summed E-state index contributed by atoms with van der Waals surface area (Å²) in [5, 5.41) is 2.91. The Morgan fingerprint density at radius 2 is 1.80 bits per heavy atom. The Balaban J connectivity index is 1.58. The van der Waals surface area contributed by atoms with Crippen molar-refractivity contribution in [2.45, 2.75) is 37.6 Å². The number of piperidine rings is 1. The smallest absolute Gasteiger partial charge is 0.243 e. The van der Waals surface area contributed by atoms with Gasteiger partial charge in [0.05, 0.1) is 18.0 Å². The number of carbonyl (C=O) groups is 1. The van der Waals surface area contributed by atoms with Gasteiger partial charge in [-0.25, -0.2) is 12.8 Å². The highest BCUT2D eigenvalue weighted by Gasteiger charge is 2.32. The molecule has 0 saturated carbocycles. The number of ether oxygens (including phenoxy) is 1. The summed E-state index contributed by atoms with van der Waals surface area (Å²) in [6.45, 7) is 4.28. The van der Waals surface area contributed by atoms with E-state index in [2.05, 4.69) is 5.32 Å². The van der Waals surface area contributed by atoms with Gasteiger partial charge in [-0.2, -0.15) is 4.31 Å². The predicted molar refractivity (Wildman–Crippen MR) is 112 cm³/mol. The van der Waals surface area contributed by atoms with Gasteiger partial charge in [0.1, 0.15) is 0 Å². The molecule has 0 aromatic heterocycles. The Morgan fingerprint density at radius 1 is 1.17 bits per heavy atom. The normalized spacial score (nSPS) is 16.8. The second-order valence-electron chi connectivity index (χ2n) is 7.62. The Hall–Kier alpha value is -2.45. The molecule has 3 rings (SSSR count). The van der Waals surface area contributed by atoms with Crippen LogP contribution in [0.3, 0.4) is 0 Å². The SMILES string of the molecule is COc1ccc(C(C)NC(=O)C2CCN(S(=O)(=O)c3ccc(C)cc3)CC2)cc1F. The zero-order chi connectivity index (χ0) is 21.9. The van der Waals surface area contributed by atoms with E-state index < -0.39 is 15.8 Å². The van der Waals surface area contributed by atoms with E-state index in [4.69, 9.17) is 4.74 Å². The molecule has 1 N–H and O–H groups in total. The summed E-state index contributed by atoms with van der Waals surface area (Å²) in [6.07, 6.45) is 0.890. The standard InChI is InChI=1S/C22H27FN2O4S/c1-15-4-7-19(8-5-15)30(27,28)25-12-10-17(11-13-25)22(26)24-16(2)18-6-9-21(29-3)20(23)14-18/h4-9,14,16-17H,10-13H2,1-3H3,(H,24,26). The van der Waals surface area contributed by atoms with E-state index in [1.807, 2.05) is 6.92 Å². The van der Waals surface area contributed by atoms with Gasteiger partial charge in [0.2, 0.25) is 15.9 Å². The van der Waals surface area contributed by atoms with Crippen molar-refractivity contribution in [2.24, 2.45) is 5.92 Å². The van der Waals surface area contributed by atoms with Crippen molar-refractivity contribution in [2.75, 3.05) is 20.2 Å². The highest BCUT2D eigenvalue weighted by atomic mass is 32.2. The number of methoxy groups -OCH3 is 1. The zero-order valence-corrected chi connectivity index (χ0v) is 18.2. The molecule has 2 aromatic rings. The first-order valence-electron chi connectivity index (χ1n) is 9.93. The number of rotatable bonds is 6. The van der Waals surface area contributed by atoms with Crippen LogP contribution in [0, 0.1) is 18.7 Å². The Kier molecular flexibility index (Phi) is 6.77. The number of hydrogen-bond donors (Lipinski definition) is 1. The number of nitrogens with zero attached hydrogens (tertiary/aromatic N) is 1. The molecular weight excluding hydrogens is 407 g/mol. The fourth-order valence-corrected chi connectivity index (χ4v) is 5.05. The molecular formula is C22H27FN2O4S. The number of amides is 1. The van der Waals surface area contributed by atoms with Crippen LogP contribution < -0.4 is 10.1 Å². The molecule has 0 aliphatic carbocycles. The van der Waals surface area contributed by atoms with Crippen molar-refractivity contribution < 1.29 is 22.3 Å². The third-order valence-electron chi connectivity index (χ3n) is 5.52. The van der Waals surface area contributed by atoms with Crippen LogP contribution in [0.1, 0.15) is 36.9 Å². The van der Waals surface area contributed by atoms with Crippen LogP contribution in [0.15, 0.2) is 47.4 Å². The Morgan fingerprint density at radius 3 is 2.37 bits per heavy atom. The number of halogens is 1. The van der Waals surface area contributed by atoms with E-state index in [9.17, 15) is 17.6 Å². The minimum atomic E-state index is -3.56. The molecule has 0 spiro atoms. The van der Waals surface area contributed by atoms with Crippen molar-refractivity contribution in [1.82, 2.24) is 9.62 Å². The molecule has 1 aliphatic rings. The summed E-state index contributed by atoms with van der Waals surface area (Å²) in [5.41, 5.74) is 1.64. The third kappa shape index (κ3) is 4.82. The van der Waals surface area contributed by atoms with E-state index in [-0.39, 0.29) is 28.5 Å². The van der Waals surface area contributed by atoms with E-state index >= 15 is 0 Å². The summed E-state index contributed by atoms with van der Waals surface area (Å²) in [5.74, 6) is -0.753. The number of benzene rings is 2. The average molecular weight is 435 g/mol. The van der Waals surface area contributed by atoms with Crippen LogP contribution in [0.25, 0.3) is 0 Å². The molecule has 2 aromatic carbocycles. The van der Waals surface area contributed by atoms with Gasteiger partial charge in [0.25, 0.3) is 0 Å². The van der Waals surface area contributed by atoms with E-state index in [0.717, 1.165) is 5.56 Å². The van der Waals surface area contributed by atoms with Gasteiger partial charge in [-0.3, -0.25) is 4.79 Å². The van der Waals surface area contributed by atoms with Gasteiger partial charge in [0, 0.05) is 19.0 Å². The number of hydrogen-bond acceptors (Lipinski definition) is 4. The van der Waals surface area contributed by atoms with Crippen LogP contribution in [-0.2, 0) is 14.8 Å². The van der Waals surface area contributed by atoms with E-state index in [1.54, 1.807) is 37.3 Å². The molecule has 6 nitrogen and oxygen atoms in total. The highest BCUT2D eigenvalue weighted by molar-refractivity contribution is 7.89. The Bertz CT molecular complexity index is 1000. The van der Waals surface area contributed by atoms with Gasteiger partial charge in [-0.1, -0.05) is 23.8 Å². The number of nitrogens with one attached hydrogen (secondary N) is 1. The van der Waals surface area contributed by atoms with Crippen molar-refractivity contribution >= 4 is 15.9 Å². The molecule has 8 heteroatoms. The lowest BCUT2D eigenvalue weighted by Gasteiger charge is -2.31. The average Bonchev–Trinajstić information content (AvgIpc) is 2.74. The minimum Gasteiger partial charge on any atom is -0.494 e. The number of aryl methyl sites for hydroxylation is 1. The molecule has 1 saturated heterocycles. The molecule has 1 amide bonds. The molecule has 1 heterocycles. The lowest BCUT2D eigenvalue weighted by atomic mass is 9.96. The lowest BCUT2D eigenvalue weighted by Crippen LogP contribution is -2.43. The topological polar surface area (TPSA) is 75.7 Å². The monoisotopic (exact) mass is 434 g/mol. The van der Waals surface area contributed by atoms with Gasteiger partial charge < -0.3 is 10.1 Å². The maximum absolute atomic E-state index is 13.9. The lowest BCUT2D eigenvalue weighted by molar-refractivity contribution is -0.126. The summed E-state index contributed by atoms with van der Waals surface area (Å²) in [7, 11) is -2.16. The number of carbonyl (C=O) groups excluding carboxylic acids is 1. The maximum Gasteiger partial charge on any atom is 0.243 e. The second-order valence-corrected chi connectivity index (χ2v) is 9.55. The van der Waals surface area contributed by atoms with Crippen LogP contribution in [0.4, 0.5) is 4.39 Å². The Labute approximate surface area is 177 Å². The maximum atomic E-state index is 13.9. The van der Waals surface area contributed by atoms with Crippen molar-refractivity contribution in [3.8, 4) is 5.75 Å². The van der Waals surface area contributed by atoms with Gasteiger partial charge in [-0.05, 0) is 56.5 Å². The summed E-state index contributed by atoms with van der Waals surface area (Å²) in [4.78, 5) is 12.9. The molecule has 1 aliphatic heterocycles. The molecule has 30 heavy (non-hydrogen) atoms. The number of sulfonamides is 1. The van der Waals surface area contributed by atoms with Crippen LogP contribution in [0.5, 0.6) is 5.75 Å². The van der Waals surface area contributed by atoms with Gasteiger partial charge >= 0.3 is 0 Å². The van der Waals surface area contributed by atoms with Crippen LogP contribution >= 0.6 is 0 Å². The summed E-state index contributed by atoms with van der Waals surface area (Å²) in [6, 6.07) is 11.0. The molecule has 1 unspecified atom stereocenters. The van der Waals surface area contributed by atoms with Crippen LogP contribution in [-0.4, -0.2) is 38.8 Å². The molecule has 162 valence electrons. The van der Waals surface area contributed by atoms with Crippen molar-refractivity contribution in [3.63, 3.8) is 0 Å². The van der Waals surface area contributed by atoms with Gasteiger partial charge in [0.15, 0.2) is 11.6 Å². The summed E-state index contributed by atoms with van der Waals surface area (Å²) < 4.78 is 45.9. The van der Waals surface area contributed by atoms with E-state index in [0.29, 0.717) is 31.5 Å². The quantitative estimate of drug-likeness (QED) is 0.756. The van der Waals surface area contributed by atoms with Gasteiger partial charge in [-0.15, -0.1) is 0 Å². The first-order chi connectivity index (χ1) is 14.2. The third-order valence-corrected chi connectivity index (χ3v) is 7.43. The highest BCUT2D eigenvalue weighted by Crippen LogP contribution is 2.26. The second kappa shape index (κ2) is 9.14.